The molecule has 4 heteroatoms. The molecule has 16 heavy (non-hydrogen) atoms. The van der Waals surface area contributed by atoms with E-state index in [1.807, 2.05) is 25.1 Å². The number of oxazole rings is 1. The highest BCUT2D eigenvalue weighted by atomic mass is 16.3. The molecule has 0 radical (unpaired) electrons. The predicted octanol–water partition coefficient (Wildman–Crippen LogP) is 1.36. The second kappa shape index (κ2) is 3.57. The molecule has 0 aliphatic carbocycles. The number of nitrogens with one attached hydrogen (secondary N) is 1. The van der Waals surface area contributed by atoms with Crippen molar-refractivity contribution < 1.29 is 4.42 Å². The van der Waals surface area contributed by atoms with E-state index in [-0.39, 0.29) is 6.04 Å². The first kappa shape index (κ1) is 9.81. The molecule has 3 N–H and O–H groups in total. The van der Waals surface area contributed by atoms with Gasteiger partial charge in [-0.1, -0.05) is 6.07 Å². The zero-order valence-corrected chi connectivity index (χ0v) is 9.23. The molecule has 4 nitrogen and oxygen atoms in total. The molecule has 0 bridgehead atoms. The lowest BCUT2D eigenvalue weighted by atomic mass is 9.89. The van der Waals surface area contributed by atoms with Gasteiger partial charge in [0.2, 0.25) is 0 Å². The van der Waals surface area contributed by atoms with Crippen molar-refractivity contribution in [3.05, 3.63) is 29.7 Å². The lowest BCUT2D eigenvalue weighted by Crippen LogP contribution is -2.47. The minimum atomic E-state index is 0.0997. The Balaban J connectivity index is 1.97. The Hall–Kier alpha value is -1.39. The first-order chi connectivity index (χ1) is 7.74. The van der Waals surface area contributed by atoms with Crippen molar-refractivity contribution in [1.29, 1.82) is 0 Å². The van der Waals surface area contributed by atoms with Crippen LogP contribution in [0.15, 0.2) is 22.6 Å². The Bertz CT molecular complexity index is 516. The van der Waals surface area contributed by atoms with Crippen molar-refractivity contribution in [3.63, 3.8) is 0 Å². The SMILES string of the molecule is Cc1nc2cc(C(N)C3CNC3)ccc2o1. The van der Waals surface area contributed by atoms with Crippen LogP contribution in [-0.2, 0) is 0 Å². The molecule has 1 aromatic carbocycles. The summed E-state index contributed by atoms with van der Waals surface area (Å²) in [5.41, 5.74) is 9.08. The molecule has 0 spiro atoms. The largest absolute Gasteiger partial charge is 0.441 e. The van der Waals surface area contributed by atoms with Crippen LogP contribution in [0.3, 0.4) is 0 Å². The zero-order valence-electron chi connectivity index (χ0n) is 9.23. The molecule has 3 rings (SSSR count). The lowest BCUT2D eigenvalue weighted by molar-refractivity contribution is 0.295. The molecule has 1 saturated heterocycles. The van der Waals surface area contributed by atoms with Gasteiger partial charge in [0.15, 0.2) is 11.5 Å². The van der Waals surface area contributed by atoms with Gasteiger partial charge in [-0.3, -0.25) is 0 Å². The number of hydrogen-bond donors (Lipinski definition) is 2. The van der Waals surface area contributed by atoms with Crippen LogP contribution in [0.25, 0.3) is 11.1 Å². The lowest BCUT2D eigenvalue weighted by Gasteiger charge is -2.32. The molecule has 0 saturated carbocycles. The van der Waals surface area contributed by atoms with Gasteiger partial charge < -0.3 is 15.5 Å². The summed E-state index contributed by atoms with van der Waals surface area (Å²) in [6, 6.07) is 6.13. The van der Waals surface area contributed by atoms with Gasteiger partial charge >= 0.3 is 0 Å². The fourth-order valence-electron chi connectivity index (χ4n) is 2.10. The zero-order chi connectivity index (χ0) is 11.1. The van der Waals surface area contributed by atoms with E-state index >= 15 is 0 Å². The fraction of sp³-hybridized carbons (Fsp3) is 0.417. The number of aryl methyl sites for hydroxylation is 1. The van der Waals surface area contributed by atoms with E-state index in [0.29, 0.717) is 11.8 Å². The molecule has 1 aliphatic rings. The maximum absolute atomic E-state index is 6.20. The number of fused-ring (bicyclic) bond motifs is 1. The van der Waals surface area contributed by atoms with E-state index in [4.69, 9.17) is 10.2 Å². The fourth-order valence-corrected chi connectivity index (χ4v) is 2.10. The first-order valence-corrected chi connectivity index (χ1v) is 5.57. The third-order valence-electron chi connectivity index (χ3n) is 3.22. The molecular weight excluding hydrogens is 202 g/mol. The third-order valence-corrected chi connectivity index (χ3v) is 3.22. The standard InChI is InChI=1S/C12H15N3O/c1-7-15-10-4-8(2-3-11(10)16-7)12(13)9-5-14-6-9/h2-4,9,12,14H,5-6,13H2,1H3. The summed E-state index contributed by atoms with van der Waals surface area (Å²) in [6.45, 7) is 3.88. The molecule has 2 aromatic rings. The minimum absolute atomic E-state index is 0.0997. The maximum Gasteiger partial charge on any atom is 0.192 e. The Morgan fingerprint density at radius 1 is 1.50 bits per heavy atom. The van der Waals surface area contributed by atoms with Crippen LogP contribution in [0.1, 0.15) is 17.5 Å². The van der Waals surface area contributed by atoms with Gasteiger partial charge in [0, 0.05) is 32.0 Å². The average Bonchev–Trinajstić information content (AvgIpc) is 2.53. The van der Waals surface area contributed by atoms with E-state index < -0.39 is 0 Å². The third kappa shape index (κ3) is 1.50. The van der Waals surface area contributed by atoms with Gasteiger partial charge in [-0.2, -0.15) is 0 Å². The van der Waals surface area contributed by atoms with Crippen LogP contribution in [0, 0.1) is 12.8 Å². The van der Waals surface area contributed by atoms with Crippen molar-refractivity contribution >= 4 is 11.1 Å². The highest BCUT2D eigenvalue weighted by Gasteiger charge is 2.25. The number of hydrogen-bond acceptors (Lipinski definition) is 4. The quantitative estimate of drug-likeness (QED) is 0.797. The number of nitrogens with zero attached hydrogens (tertiary/aromatic N) is 1. The van der Waals surface area contributed by atoms with E-state index in [1.165, 1.54) is 0 Å². The monoisotopic (exact) mass is 217 g/mol. The topological polar surface area (TPSA) is 64.1 Å². The van der Waals surface area contributed by atoms with Crippen LogP contribution >= 0.6 is 0 Å². The molecule has 1 fully saturated rings. The van der Waals surface area contributed by atoms with Gasteiger partial charge in [0.25, 0.3) is 0 Å². The van der Waals surface area contributed by atoms with Crippen molar-refractivity contribution in [2.24, 2.45) is 11.7 Å². The van der Waals surface area contributed by atoms with Crippen LogP contribution in [0.4, 0.5) is 0 Å². The Labute approximate surface area is 93.8 Å². The molecule has 1 atom stereocenters. The highest BCUT2D eigenvalue weighted by molar-refractivity contribution is 5.73. The second-order valence-electron chi connectivity index (χ2n) is 4.40. The van der Waals surface area contributed by atoms with Crippen LogP contribution in [0.5, 0.6) is 0 Å². The molecular formula is C12H15N3O. The Morgan fingerprint density at radius 2 is 2.31 bits per heavy atom. The maximum atomic E-state index is 6.20. The second-order valence-corrected chi connectivity index (χ2v) is 4.40. The van der Waals surface area contributed by atoms with Gasteiger partial charge in [-0.05, 0) is 17.7 Å². The van der Waals surface area contributed by atoms with Crippen molar-refractivity contribution in [2.75, 3.05) is 13.1 Å². The molecule has 2 heterocycles. The number of benzene rings is 1. The molecule has 0 amide bonds. The Morgan fingerprint density at radius 3 is 3.00 bits per heavy atom. The average molecular weight is 217 g/mol. The van der Waals surface area contributed by atoms with Crippen LogP contribution in [-0.4, -0.2) is 18.1 Å². The smallest absolute Gasteiger partial charge is 0.192 e. The highest BCUT2D eigenvalue weighted by Crippen LogP contribution is 2.25. The van der Waals surface area contributed by atoms with Gasteiger partial charge in [0.05, 0.1) is 0 Å². The van der Waals surface area contributed by atoms with E-state index in [2.05, 4.69) is 10.3 Å². The molecule has 84 valence electrons. The van der Waals surface area contributed by atoms with E-state index in [9.17, 15) is 0 Å². The van der Waals surface area contributed by atoms with Crippen molar-refractivity contribution in [2.45, 2.75) is 13.0 Å². The molecule has 1 unspecified atom stereocenters. The number of rotatable bonds is 2. The summed E-state index contributed by atoms with van der Waals surface area (Å²) in [7, 11) is 0. The van der Waals surface area contributed by atoms with Gasteiger partial charge in [-0.15, -0.1) is 0 Å². The Kier molecular flexibility index (Phi) is 2.19. The summed E-state index contributed by atoms with van der Waals surface area (Å²) in [4.78, 5) is 4.32. The van der Waals surface area contributed by atoms with E-state index in [1.54, 1.807) is 0 Å². The summed E-state index contributed by atoms with van der Waals surface area (Å²) >= 11 is 0. The molecule has 1 aromatic heterocycles. The normalized spacial score (nSPS) is 18.6. The minimum Gasteiger partial charge on any atom is -0.441 e. The van der Waals surface area contributed by atoms with Crippen molar-refractivity contribution in [1.82, 2.24) is 10.3 Å². The van der Waals surface area contributed by atoms with Crippen LogP contribution in [0.2, 0.25) is 0 Å². The summed E-state index contributed by atoms with van der Waals surface area (Å²) in [5.74, 6) is 1.25. The summed E-state index contributed by atoms with van der Waals surface area (Å²) in [5, 5.41) is 3.24. The first-order valence-electron chi connectivity index (χ1n) is 5.57. The number of aromatic nitrogens is 1. The number of nitrogens with two attached hydrogens (primary N) is 1. The van der Waals surface area contributed by atoms with Crippen LogP contribution < -0.4 is 11.1 Å². The molecule has 1 aliphatic heterocycles. The summed E-state index contributed by atoms with van der Waals surface area (Å²) in [6.07, 6.45) is 0. The van der Waals surface area contributed by atoms with Gasteiger partial charge in [-0.25, -0.2) is 4.98 Å². The van der Waals surface area contributed by atoms with E-state index in [0.717, 1.165) is 29.8 Å². The summed E-state index contributed by atoms with van der Waals surface area (Å²) < 4.78 is 5.44. The predicted molar refractivity (Wildman–Crippen MR) is 62.0 cm³/mol. The van der Waals surface area contributed by atoms with Gasteiger partial charge in [0.1, 0.15) is 5.52 Å². The van der Waals surface area contributed by atoms with Crippen molar-refractivity contribution in [3.8, 4) is 0 Å².